The van der Waals surface area contributed by atoms with Gasteiger partial charge in [-0.05, 0) is 25.0 Å². The van der Waals surface area contributed by atoms with Gasteiger partial charge < -0.3 is 19.1 Å². The summed E-state index contributed by atoms with van der Waals surface area (Å²) in [5.41, 5.74) is 1.17. The maximum atomic E-state index is 12.9. The van der Waals surface area contributed by atoms with Crippen molar-refractivity contribution >= 4 is 11.8 Å². The van der Waals surface area contributed by atoms with Crippen molar-refractivity contribution in [2.75, 3.05) is 32.8 Å². The van der Waals surface area contributed by atoms with Crippen LogP contribution in [-0.4, -0.2) is 59.0 Å². The molecule has 1 aromatic heterocycles. The summed E-state index contributed by atoms with van der Waals surface area (Å²) in [6, 6.07) is 4.23. The Bertz CT molecular complexity index is 569. The number of ether oxygens (including phenoxy) is 1. The molecular formula is C17H25N3O3. The van der Waals surface area contributed by atoms with E-state index in [1.54, 1.807) is 4.90 Å². The van der Waals surface area contributed by atoms with Crippen molar-refractivity contribution in [1.82, 2.24) is 14.4 Å². The van der Waals surface area contributed by atoms with E-state index in [2.05, 4.69) is 10.6 Å². The van der Waals surface area contributed by atoms with E-state index in [9.17, 15) is 9.59 Å². The number of nitrogens with zero attached hydrogens (tertiary/aromatic N) is 3. The van der Waals surface area contributed by atoms with Crippen LogP contribution in [0, 0.1) is 0 Å². The highest BCUT2D eigenvalue weighted by atomic mass is 16.5. The van der Waals surface area contributed by atoms with Gasteiger partial charge in [-0.3, -0.25) is 9.59 Å². The van der Waals surface area contributed by atoms with Crippen molar-refractivity contribution in [3.63, 3.8) is 0 Å². The van der Waals surface area contributed by atoms with E-state index in [-0.39, 0.29) is 31.0 Å². The summed E-state index contributed by atoms with van der Waals surface area (Å²) >= 11 is 0. The number of carbonyl (C=O) groups is 2. The van der Waals surface area contributed by atoms with Crippen molar-refractivity contribution in [3.05, 3.63) is 24.0 Å². The number of carbonyl (C=O) groups excluding carboxylic acids is 2. The maximum Gasteiger partial charge on any atom is 0.249 e. The number of aromatic nitrogens is 1. The molecule has 2 aliphatic heterocycles. The molecule has 0 spiro atoms. The molecule has 0 radical (unpaired) electrons. The predicted octanol–water partition coefficient (Wildman–Crippen LogP) is 1.33. The van der Waals surface area contributed by atoms with Gasteiger partial charge in [0, 0.05) is 32.0 Å². The minimum absolute atomic E-state index is 0.0494. The quantitative estimate of drug-likeness (QED) is 0.844. The number of amides is 2. The smallest absolute Gasteiger partial charge is 0.249 e. The lowest BCUT2D eigenvalue weighted by Crippen LogP contribution is -2.48. The number of aryl methyl sites for hydroxylation is 1. The zero-order valence-corrected chi connectivity index (χ0v) is 13.7. The van der Waals surface area contributed by atoms with E-state index in [4.69, 9.17) is 4.74 Å². The van der Waals surface area contributed by atoms with Crippen LogP contribution in [0.1, 0.15) is 37.4 Å². The highest BCUT2D eigenvalue weighted by Crippen LogP contribution is 2.30. The molecule has 6 nitrogen and oxygen atoms in total. The van der Waals surface area contributed by atoms with Gasteiger partial charge in [0.05, 0.1) is 19.2 Å². The summed E-state index contributed by atoms with van der Waals surface area (Å²) in [4.78, 5) is 28.3. The van der Waals surface area contributed by atoms with E-state index in [0.29, 0.717) is 13.2 Å². The van der Waals surface area contributed by atoms with E-state index < -0.39 is 0 Å². The summed E-state index contributed by atoms with van der Waals surface area (Å²) in [5, 5.41) is 0. The number of hydrogen-bond donors (Lipinski definition) is 0. The molecule has 23 heavy (non-hydrogen) atoms. The predicted molar refractivity (Wildman–Crippen MR) is 85.7 cm³/mol. The maximum absolute atomic E-state index is 12.9. The van der Waals surface area contributed by atoms with Crippen LogP contribution < -0.4 is 0 Å². The van der Waals surface area contributed by atoms with E-state index in [0.717, 1.165) is 32.2 Å². The first-order valence-electron chi connectivity index (χ1n) is 8.43. The van der Waals surface area contributed by atoms with Gasteiger partial charge in [0.1, 0.15) is 6.61 Å². The molecule has 3 rings (SSSR count). The van der Waals surface area contributed by atoms with Crippen LogP contribution >= 0.6 is 0 Å². The highest BCUT2D eigenvalue weighted by Gasteiger charge is 2.30. The summed E-state index contributed by atoms with van der Waals surface area (Å²) in [6.45, 7) is 2.05. The molecule has 1 aromatic rings. The zero-order valence-electron chi connectivity index (χ0n) is 13.7. The molecule has 2 aliphatic rings. The van der Waals surface area contributed by atoms with Gasteiger partial charge in [-0.2, -0.15) is 0 Å². The molecule has 2 saturated heterocycles. The molecule has 2 fully saturated rings. The first kappa shape index (κ1) is 16.1. The van der Waals surface area contributed by atoms with Gasteiger partial charge in [0.2, 0.25) is 11.8 Å². The third-order valence-corrected chi connectivity index (χ3v) is 4.81. The fourth-order valence-electron chi connectivity index (χ4n) is 3.51. The monoisotopic (exact) mass is 319 g/mol. The number of likely N-dealkylation sites (tertiary alicyclic amines) is 1. The zero-order chi connectivity index (χ0) is 16.2. The molecule has 0 N–H and O–H groups in total. The molecule has 0 aliphatic carbocycles. The second-order valence-electron chi connectivity index (χ2n) is 6.36. The Morgan fingerprint density at radius 1 is 1.30 bits per heavy atom. The Balaban J connectivity index is 1.75. The molecule has 2 amide bonds. The SMILES string of the molecule is Cn1cccc1C1CCCCCN1C(=O)CN1CCOCC1=O. The largest absolute Gasteiger partial charge is 0.370 e. The fraction of sp³-hybridized carbons (Fsp3) is 0.647. The minimum atomic E-state index is -0.0881. The van der Waals surface area contributed by atoms with Gasteiger partial charge in [-0.25, -0.2) is 0 Å². The third kappa shape index (κ3) is 3.58. The highest BCUT2D eigenvalue weighted by molar-refractivity contribution is 5.86. The van der Waals surface area contributed by atoms with Crippen molar-refractivity contribution in [1.29, 1.82) is 0 Å². The van der Waals surface area contributed by atoms with Crippen LogP contribution in [0.2, 0.25) is 0 Å². The molecule has 0 aromatic carbocycles. The van der Waals surface area contributed by atoms with Gasteiger partial charge in [-0.15, -0.1) is 0 Å². The Morgan fingerprint density at radius 2 is 2.17 bits per heavy atom. The van der Waals surface area contributed by atoms with Gasteiger partial charge >= 0.3 is 0 Å². The summed E-state index contributed by atoms with van der Waals surface area (Å²) in [7, 11) is 2.02. The lowest BCUT2D eigenvalue weighted by atomic mass is 10.1. The molecule has 126 valence electrons. The second-order valence-corrected chi connectivity index (χ2v) is 6.36. The number of morpholine rings is 1. The fourth-order valence-corrected chi connectivity index (χ4v) is 3.51. The molecule has 0 saturated carbocycles. The summed E-state index contributed by atoms with van der Waals surface area (Å²) in [5.74, 6) is -0.0387. The average Bonchev–Trinajstić information content (AvgIpc) is 2.82. The Labute approximate surface area is 137 Å². The van der Waals surface area contributed by atoms with Crippen LogP contribution in [-0.2, 0) is 21.4 Å². The van der Waals surface area contributed by atoms with Crippen LogP contribution in [0.3, 0.4) is 0 Å². The molecule has 1 unspecified atom stereocenters. The van der Waals surface area contributed by atoms with E-state index in [1.165, 1.54) is 5.69 Å². The van der Waals surface area contributed by atoms with E-state index >= 15 is 0 Å². The lowest BCUT2D eigenvalue weighted by molar-refractivity contribution is -0.149. The third-order valence-electron chi connectivity index (χ3n) is 4.81. The average molecular weight is 319 g/mol. The van der Waals surface area contributed by atoms with Crippen molar-refractivity contribution in [2.24, 2.45) is 7.05 Å². The molecule has 1 atom stereocenters. The van der Waals surface area contributed by atoms with Crippen molar-refractivity contribution in [3.8, 4) is 0 Å². The van der Waals surface area contributed by atoms with Crippen LogP contribution in [0.4, 0.5) is 0 Å². The van der Waals surface area contributed by atoms with Crippen LogP contribution in [0.25, 0.3) is 0 Å². The Kier molecular flexibility index (Phi) is 5.00. The van der Waals surface area contributed by atoms with Crippen LogP contribution in [0.5, 0.6) is 0 Å². The number of rotatable bonds is 3. The van der Waals surface area contributed by atoms with Gasteiger partial charge in [0.15, 0.2) is 0 Å². The molecule has 3 heterocycles. The summed E-state index contributed by atoms with van der Waals surface area (Å²) in [6.07, 6.45) is 6.33. The second kappa shape index (κ2) is 7.17. The van der Waals surface area contributed by atoms with Crippen molar-refractivity contribution in [2.45, 2.75) is 31.7 Å². The van der Waals surface area contributed by atoms with Gasteiger partial charge in [0.25, 0.3) is 0 Å². The minimum Gasteiger partial charge on any atom is -0.370 e. The topological polar surface area (TPSA) is 54.8 Å². The first-order chi connectivity index (χ1) is 11.2. The number of hydrogen-bond acceptors (Lipinski definition) is 3. The summed E-state index contributed by atoms with van der Waals surface area (Å²) < 4.78 is 7.23. The lowest BCUT2D eigenvalue weighted by Gasteiger charge is -2.34. The van der Waals surface area contributed by atoms with Crippen LogP contribution in [0.15, 0.2) is 18.3 Å². The molecular weight excluding hydrogens is 294 g/mol. The van der Waals surface area contributed by atoms with Gasteiger partial charge in [-0.1, -0.05) is 12.8 Å². The molecule has 6 heteroatoms. The Morgan fingerprint density at radius 3 is 2.91 bits per heavy atom. The molecule has 0 bridgehead atoms. The Hall–Kier alpha value is -1.82. The standard InChI is InChI=1S/C17H25N3O3/c1-18-8-5-7-14(18)15-6-3-2-4-9-20(15)16(21)12-19-10-11-23-13-17(19)22/h5,7-8,15H,2-4,6,9-13H2,1H3. The normalized spacial score (nSPS) is 23.0. The van der Waals surface area contributed by atoms with Crippen molar-refractivity contribution < 1.29 is 14.3 Å². The first-order valence-corrected chi connectivity index (χ1v) is 8.43. The van der Waals surface area contributed by atoms with E-state index in [1.807, 2.05) is 24.2 Å².